The summed E-state index contributed by atoms with van der Waals surface area (Å²) in [6, 6.07) is 7.85. The van der Waals surface area contributed by atoms with E-state index in [0.717, 1.165) is 56.6 Å². The molecule has 0 saturated heterocycles. The monoisotopic (exact) mass is 613 g/mol. The number of anilines is 1. The molecule has 1 aliphatic carbocycles. The van der Waals surface area contributed by atoms with E-state index >= 15 is 0 Å². The predicted octanol–water partition coefficient (Wildman–Crippen LogP) is 6.45. The van der Waals surface area contributed by atoms with Crippen LogP contribution in [0.3, 0.4) is 0 Å². The summed E-state index contributed by atoms with van der Waals surface area (Å²) in [5.41, 5.74) is 2.98. The molecule has 38 heavy (non-hydrogen) atoms. The molecular formula is C28H28BrN3O4S2. The lowest BCUT2D eigenvalue weighted by molar-refractivity contribution is -0.116. The van der Waals surface area contributed by atoms with E-state index in [4.69, 9.17) is 4.74 Å². The molecule has 3 aromatic heterocycles. The first kappa shape index (κ1) is 26.8. The Morgan fingerprint density at radius 3 is 2.68 bits per heavy atom. The summed E-state index contributed by atoms with van der Waals surface area (Å²) < 4.78 is 7.61. The highest BCUT2D eigenvalue weighted by molar-refractivity contribution is 9.10. The number of aryl methyl sites for hydroxylation is 1. The Labute approximate surface area is 237 Å². The molecule has 5 rings (SSSR count). The number of aromatic nitrogens is 2. The number of ether oxygens (including phenoxy) is 1. The van der Waals surface area contributed by atoms with E-state index in [1.165, 1.54) is 33.6 Å². The Morgan fingerprint density at radius 2 is 1.97 bits per heavy atom. The highest BCUT2D eigenvalue weighted by Gasteiger charge is 2.29. The molecule has 0 fully saturated rings. The number of fused-ring (bicyclic) bond motifs is 2. The Hall–Kier alpha value is -2.82. The van der Waals surface area contributed by atoms with Crippen molar-refractivity contribution in [2.24, 2.45) is 5.92 Å². The van der Waals surface area contributed by atoms with Crippen LogP contribution in [0.1, 0.15) is 52.9 Å². The molecule has 1 aromatic carbocycles. The van der Waals surface area contributed by atoms with Gasteiger partial charge in [0.2, 0.25) is 5.91 Å². The van der Waals surface area contributed by atoms with E-state index in [0.29, 0.717) is 26.7 Å². The zero-order valence-electron chi connectivity index (χ0n) is 21.4. The first-order valence-electron chi connectivity index (χ1n) is 12.7. The summed E-state index contributed by atoms with van der Waals surface area (Å²) in [4.78, 5) is 47.0. The number of carbonyl (C=O) groups is 2. The predicted molar refractivity (Wildman–Crippen MR) is 156 cm³/mol. The Kier molecular flexibility index (Phi) is 7.83. The van der Waals surface area contributed by atoms with Crippen molar-refractivity contribution in [3.05, 3.63) is 66.3 Å². The standard InChI is InChI=1S/C28H28BrN3O4S2/c1-4-19-22(16-7-9-17(29)10-8-16)24-25(37-19)30-14-32(27(24)34)13-21(33)31-26-23(28(35)36-5-2)18-11-6-15(3)12-20(18)38-26/h7-10,14-15H,4-6,11-13H2,1-3H3,(H,31,33). The first-order chi connectivity index (χ1) is 18.3. The number of thiophene rings is 2. The minimum Gasteiger partial charge on any atom is -0.462 e. The molecule has 7 nitrogen and oxygen atoms in total. The fourth-order valence-electron chi connectivity index (χ4n) is 4.93. The van der Waals surface area contributed by atoms with Gasteiger partial charge in [-0.1, -0.05) is 41.9 Å². The second-order valence-electron chi connectivity index (χ2n) is 9.44. The van der Waals surface area contributed by atoms with Gasteiger partial charge < -0.3 is 10.1 Å². The highest BCUT2D eigenvalue weighted by atomic mass is 79.9. The smallest absolute Gasteiger partial charge is 0.341 e. The number of rotatable bonds is 7. The number of nitrogens with one attached hydrogen (secondary N) is 1. The van der Waals surface area contributed by atoms with E-state index in [1.807, 2.05) is 24.3 Å². The zero-order valence-corrected chi connectivity index (χ0v) is 24.6. The molecule has 1 atom stereocenters. The number of esters is 1. The fraction of sp³-hybridized carbons (Fsp3) is 0.357. The van der Waals surface area contributed by atoms with Crippen LogP contribution in [0.4, 0.5) is 5.00 Å². The van der Waals surface area contributed by atoms with Gasteiger partial charge in [-0.25, -0.2) is 9.78 Å². The molecule has 1 aliphatic rings. The van der Waals surface area contributed by atoms with Crippen molar-refractivity contribution in [3.8, 4) is 11.1 Å². The van der Waals surface area contributed by atoms with Crippen molar-refractivity contribution < 1.29 is 14.3 Å². The normalized spacial score (nSPS) is 14.9. The molecule has 1 N–H and O–H groups in total. The number of halogens is 1. The lowest BCUT2D eigenvalue weighted by atomic mass is 9.88. The zero-order chi connectivity index (χ0) is 27.0. The molecule has 4 aromatic rings. The van der Waals surface area contributed by atoms with Crippen LogP contribution in [0.2, 0.25) is 0 Å². The summed E-state index contributed by atoms with van der Waals surface area (Å²) in [7, 11) is 0. The van der Waals surface area contributed by atoms with Crippen LogP contribution in [0.25, 0.3) is 21.3 Å². The third kappa shape index (κ3) is 5.09. The molecule has 0 bridgehead atoms. The van der Waals surface area contributed by atoms with Gasteiger partial charge in [0.05, 0.1) is 23.9 Å². The van der Waals surface area contributed by atoms with E-state index < -0.39 is 5.97 Å². The topological polar surface area (TPSA) is 90.3 Å². The number of hydrogen-bond donors (Lipinski definition) is 1. The molecule has 10 heteroatoms. The largest absolute Gasteiger partial charge is 0.462 e. The van der Waals surface area contributed by atoms with Crippen molar-refractivity contribution in [1.82, 2.24) is 9.55 Å². The van der Waals surface area contributed by atoms with Crippen LogP contribution in [0.5, 0.6) is 0 Å². The molecular weight excluding hydrogens is 586 g/mol. The van der Waals surface area contributed by atoms with E-state index in [-0.39, 0.29) is 24.6 Å². The number of benzene rings is 1. The number of nitrogens with zero attached hydrogens (tertiary/aromatic N) is 2. The van der Waals surface area contributed by atoms with E-state index in [1.54, 1.807) is 6.92 Å². The van der Waals surface area contributed by atoms with Gasteiger partial charge >= 0.3 is 5.97 Å². The highest BCUT2D eigenvalue weighted by Crippen LogP contribution is 2.40. The Morgan fingerprint density at radius 1 is 1.21 bits per heavy atom. The van der Waals surface area contributed by atoms with Crippen LogP contribution in [-0.2, 0) is 35.3 Å². The van der Waals surface area contributed by atoms with Gasteiger partial charge in [-0.05, 0) is 61.8 Å². The average molecular weight is 615 g/mol. The first-order valence-corrected chi connectivity index (χ1v) is 15.1. The van der Waals surface area contributed by atoms with Crippen molar-refractivity contribution in [1.29, 1.82) is 0 Å². The lowest BCUT2D eigenvalue weighted by Gasteiger charge is -2.18. The molecule has 1 amide bonds. The second-order valence-corrected chi connectivity index (χ2v) is 12.5. The summed E-state index contributed by atoms with van der Waals surface area (Å²) in [6.45, 7) is 6.07. The van der Waals surface area contributed by atoms with Crippen LogP contribution in [-0.4, -0.2) is 28.0 Å². The SMILES string of the molecule is CCOC(=O)c1c(NC(=O)Cn2cnc3sc(CC)c(-c4ccc(Br)cc4)c3c2=O)sc2c1CCC(C)C2. The van der Waals surface area contributed by atoms with Crippen molar-refractivity contribution in [3.63, 3.8) is 0 Å². The molecule has 0 spiro atoms. The van der Waals surface area contributed by atoms with Gasteiger partial charge in [0.1, 0.15) is 16.4 Å². The lowest BCUT2D eigenvalue weighted by Crippen LogP contribution is -2.28. The van der Waals surface area contributed by atoms with Crippen LogP contribution < -0.4 is 10.9 Å². The minimum atomic E-state index is -0.417. The Bertz CT molecular complexity index is 1590. The molecule has 0 radical (unpaired) electrons. The number of amides is 1. The van der Waals surface area contributed by atoms with Gasteiger partial charge in [-0.2, -0.15) is 0 Å². The number of hydrogen-bond acceptors (Lipinski definition) is 7. The average Bonchev–Trinajstić information content (AvgIpc) is 3.44. The second kappa shape index (κ2) is 11.1. The third-order valence-corrected chi connectivity index (χ3v) is 9.70. The van der Waals surface area contributed by atoms with E-state index in [9.17, 15) is 14.4 Å². The van der Waals surface area contributed by atoms with Gasteiger partial charge in [0, 0.05) is 19.8 Å². The van der Waals surface area contributed by atoms with Gasteiger partial charge in [-0.3, -0.25) is 14.2 Å². The Balaban J connectivity index is 1.48. The maximum absolute atomic E-state index is 13.6. The van der Waals surface area contributed by atoms with Gasteiger partial charge in [-0.15, -0.1) is 22.7 Å². The maximum Gasteiger partial charge on any atom is 0.341 e. The quantitative estimate of drug-likeness (QED) is 0.242. The van der Waals surface area contributed by atoms with Crippen LogP contribution in [0, 0.1) is 5.92 Å². The van der Waals surface area contributed by atoms with Gasteiger partial charge in [0.25, 0.3) is 5.56 Å². The molecule has 198 valence electrons. The third-order valence-electron chi connectivity index (χ3n) is 6.76. The number of carbonyl (C=O) groups excluding carboxylic acids is 2. The van der Waals surface area contributed by atoms with Crippen molar-refractivity contribution >= 4 is 65.7 Å². The summed E-state index contributed by atoms with van der Waals surface area (Å²) >= 11 is 6.41. The fourth-order valence-corrected chi connectivity index (χ4v) is 7.71. The van der Waals surface area contributed by atoms with Crippen LogP contribution in [0.15, 0.2) is 39.9 Å². The summed E-state index contributed by atoms with van der Waals surface area (Å²) in [5.74, 6) is -0.282. The summed E-state index contributed by atoms with van der Waals surface area (Å²) in [6.07, 6.45) is 4.85. The molecule has 0 saturated carbocycles. The molecule has 1 unspecified atom stereocenters. The van der Waals surface area contributed by atoms with Crippen LogP contribution >= 0.6 is 38.6 Å². The van der Waals surface area contributed by atoms with Crippen molar-refractivity contribution in [2.45, 2.75) is 53.0 Å². The molecule has 3 heterocycles. The minimum absolute atomic E-state index is 0.208. The van der Waals surface area contributed by atoms with Crippen molar-refractivity contribution in [2.75, 3.05) is 11.9 Å². The van der Waals surface area contributed by atoms with E-state index in [2.05, 4.69) is 40.1 Å². The molecule has 0 aliphatic heterocycles. The van der Waals surface area contributed by atoms with Gasteiger partial charge in [0.15, 0.2) is 0 Å². The maximum atomic E-state index is 13.6. The summed E-state index contributed by atoms with van der Waals surface area (Å²) in [5, 5.41) is 3.92.